The minimum atomic E-state index is -1.12. The number of nitrogens with zero attached hydrogens (tertiary/aromatic N) is 3. The van der Waals surface area contributed by atoms with Crippen molar-refractivity contribution in [2.24, 2.45) is 10.2 Å². The van der Waals surface area contributed by atoms with Crippen molar-refractivity contribution in [2.45, 2.75) is 39.5 Å². The van der Waals surface area contributed by atoms with E-state index in [0.29, 0.717) is 17.0 Å². The highest BCUT2D eigenvalue weighted by Crippen LogP contribution is 2.37. The monoisotopic (exact) mass is 472 g/mol. The molecule has 5 rings (SSSR count). The standard InChI is InChI=1S/C26H24N4O5/c1-14-23(25(32)30(29-14)18-11-10-16-6-3-4-7-17(16)12-18)28-27-21-9-5-8-19(24(21)31)22-13-20(26(33)34)15(2)35-22/h5,8-13,27,31H,3-4,6-7H2,1-2H3,(H,33,34)/b28-23-. The molecule has 35 heavy (non-hydrogen) atoms. The first kappa shape index (κ1) is 22.4. The van der Waals surface area contributed by atoms with E-state index >= 15 is 0 Å². The van der Waals surface area contributed by atoms with Crippen molar-refractivity contribution in [3.8, 4) is 17.1 Å². The SMILES string of the molecule is CC1=NN(c2ccc3c(c2)CCCC3)C(=O)/C1=N\Nc1cccc(-c2cc(C(=O)O)c(C)o2)c1O. The first-order valence-corrected chi connectivity index (χ1v) is 11.3. The van der Waals surface area contributed by atoms with Gasteiger partial charge in [0.1, 0.15) is 17.1 Å². The zero-order valence-corrected chi connectivity index (χ0v) is 19.3. The first-order chi connectivity index (χ1) is 16.8. The number of fused-ring (bicyclic) bond motifs is 1. The minimum Gasteiger partial charge on any atom is -0.505 e. The van der Waals surface area contributed by atoms with Crippen molar-refractivity contribution < 1.29 is 24.2 Å². The van der Waals surface area contributed by atoms with Crippen LogP contribution in [0.2, 0.25) is 0 Å². The second kappa shape index (κ2) is 8.75. The molecule has 0 saturated heterocycles. The number of aromatic hydroxyl groups is 1. The summed E-state index contributed by atoms with van der Waals surface area (Å²) in [6, 6.07) is 12.2. The lowest BCUT2D eigenvalue weighted by Gasteiger charge is -2.19. The van der Waals surface area contributed by atoms with Crippen LogP contribution in [0, 0.1) is 6.92 Å². The summed E-state index contributed by atoms with van der Waals surface area (Å²) in [5.74, 6) is -1.22. The molecule has 3 N–H and O–H groups in total. The molecule has 2 aliphatic rings. The number of rotatable bonds is 5. The number of hydrazone groups is 2. The van der Waals surface area contributed by atoms with E-state index in [4.69, 9.17) is 4.42 Å². The largest absolute Gasteiger partial charge is 0.505 e. The van der Waals surface area contributed by atoms with Gasteiger partial charge < -0.3 is 14.6 Å². The number of hydrogen-bond donors (Lipinski definition) is 3. The predicted octanol–water partition coefficient (Wildman–Crippen LogP) is 4.73. The van der Waals surface area contributed by atoms with Gasteiger partial charge in [-0.2, -0.15) is 15.2 Å². The van der Waals surface area contributed by atoms with Crippen molar-refractivity contribution in [3.63, 3.8) is 0 Å². The molecule has 1 amide bonds. The number of benzene rings is 2. The molecule has 0 unspecified atom stereocenters. The number of carbonyl (C=O) groups excluding carboxylic acids is 1. The summed E-state index contributed by atoms with van der Waals surface area (Å²) in [7, 11) is 0. The van der Waals surface area contributed by atoms with Crippen molar-refractivity contribution in [3.05, 3.63) is 64.9 Å². The van der Waals surface area contributed by atoms with Gasteiger partial charge in [0.05, 0.1) is 22.6 Å². The highest BCUT2D eigenvalue weighted by atomic mass is 16.4. The van der Waals surface area contributed by atoms with Gasteiger partial charge in [-0.15, -0.1) is 0 Å². The molecule has 1 aromatic heterocycles. The predicted molar refractivity (Wildman–Crippen MR) is 132 cm³/mol. The number of phenols is 1. The van der Waals surface area contributed by atoms with Gasteiger partial charge in [0, 0.05) is 0 Å². The van der Waals surface area contributed by atoms with Crippen LogP contribution in [0.25, 0.3) is 11.3 Å². The van der Waals surface area contributed by atoms with E-state index in [1.54, 1.807) is 32.0 Å². The second-order valence-electron chi connectivity index (χ2n) is 8.62. The Balaban J connectivity index is 1.39. The van der Waals surface area contributed by atoms with Crippen LogP contribution in [-0.4, -0.2) is 33.5 Å². The number of anilines is 2. The first-order valence-electron chi connectivity index (χ1n) is 11.3. The Bertz CT molecular complexity index is 1420. The summed E-state index contributed by atoms with van der Waals surface area (Å²) >= 11 is 0. The molecule has 9 nitrogen and oxygen atoms in total. The lowest BCUT2D eigenvalue weighted by molar-refractivity contribution is -0.112. The van der Waals surface area contributed by atoms with Gasteiger partial charge in [0.15, 0.2) is 11.5 Å². The Labute approximate surface area is 201 Å². The van der Waals surface area contributed by atoms with E-state index in [2.05, 4.69) is 21.7 Å². The molecule has 0 saturated carbocycles. The number of carbonyl (C=O) groups is 2. The molecule has 1 aliphatic heterocycles. The number of aromatic carboxylic acids is 1. The molecule has 2 heterocycles. The number of carboxylic acid groups (broad SMARTS) is 1. The van der Waals surface area contributed by atoms with Crippen LogP contribution in [0.15, 0.2) is 57.1 Å². The van der Waals surface area contributed by atoms with E-state index in [9.17, 15) is 19.8 Å². The van der Waals surface area contributed by atoms with E-state index in [-0.39, 0.29) is 40.1 Å². The zero-order chi connectivity index (χ0) is 24.7. The van der Waals surface area contributed by atoms with Crippen molar-refractivity contribution in [1.82, 2.24) is 0 Å². The molecule has 0 bridgehead atoms. The fourth-order valence-electron chi connectivity index (χ4n) is 4.43. The molecule has 9 heteroatoms. The fourth-order valence-corrected chi connectivity index (χ4v) is 4.43. The molecule has 0 atom stereocenters. The summed E-state index contributed by atoms with van der Waals surface area (Å²) in [6.07, 6.45) is 4.37. The van der Waals surface area contributed by atoms with Gasteiger partial charge >= 0.3 is 11.9 Å². The molecule has 178 valence electrons. The van der Waals surface area contributed by atoms with E-state index in [1.807, 2.05) is 12.1 Å². The normalized spacial score (nSPS) is 16.4. The molecule has 0 radical (unpaired) electrons. The van der Waals surface area contributed by atoms with Crippen molar-refractivity contribution in [2.75, 3.05) is 10.4 Å². The number of nitrogens with one attached hydrogen (secondary N) is 1. The number of furan rings is 1. The molecular formula is C26H24N4O5. The average molecular weight is 473 g/mol. The maximum Gasteiger partial charge on any atom is 0.339 e. The minimum absolute atomic E-state index is 0.0173. The van der Waals surface area contributed by atoms with E-state index in [1.165, 1.54) is 28.6 Å². The second-order valence-corrected chi connectivity index (χ2v) is 8.62. The Morgan fingerprint density at radius 2 is 1.89 bits per heavy atom. The van der Waals surface area contributed by atoms with Gasteiger partial charge in [-0.1, -0.05) is 12.1 Å². The van der Waals surface area contributed by atoms with Crippen LogP contribution in [0.1, 0.15) is 47.0 Å². The lowest BCUT2D eigenvalue weighted by atomic mass is 9.91. The fraction of sp³-hybridized carbons (Fsp3) is 0.231. The van der Waals surface area contributed by atoms with Gasteiger partial charge in [-0.05, 0) is 81.0 Å². The van der Waals surface area contributed by atoms with Gasteiger partial charge in [0.25, 0.3) is 0 Å². The van der Waals surface area contributed by atoms with E-state index in [0.717, 1.165) is 19.3 Å². The van der Waals surface area contributed by atoms with Crippen molar-refractivity contribution in [1.29, 1.82) is 0 Å². The van der Waals surface area contributed by atoms with Gasteiger partial charge in [-0.3, -0.25) is 10.2 Å². The quantitative estimate of drug-likeness (QED) is 0.364. The Hall–Kier alpha value is -4.40. The summed E-state index contributed by atoms with van der Waals surface area (Å²) in [5, 5.41) is 30.0. The Morgan fingerprint density at radius 1 is 1.11 bits per heavy atom. The van der Waals surface area contributed by atoms with Crippen LogP contribution in [0.3, 0.4) is 0 Å². The number of carboxylic acids is 1. The van der Waals surface area contributed by atoms with Crippen LogP contribution < -0.4 is 10.4 Å². The number of hydrogen-bond acceptors (Lipinski definition) is 7. The topological polar surface area (TPSA) is 128 Å². The molecule has 1 aliphatic carbocycles. The van der Waals surface area contributed by atoms with Gasteiger partial charge in [0.2, 0.25) is 0 Å². The summed E-state index contributed by atoms with van der Waals surface area (Å²) in [4.78, 5) is 24.4. The highest BCUT2D eigenvalue weighted by Gasteiger charge is 2.31. The summed E-state index contributed by atoms with van der Waals surface area (Å²) < 4.78 is 5.53. The Morgan fingerprint density at radius 3 is 2.63 bits per heavy atom. The number of aryl methyl sites for hydroxylation is 3. The highest BCUT2D eigenvalue weighted by molar-refractivity contribution is 6.71. The van der Waals surface area contributed by atoms with Crippen LogP contribution in [0.4, 0.5) is 11.4 Å². The average Bonchev–Trinajstić information content (AvgIpc) is 3.37. The van der Waals surface area contributed by atoms with Crippen LogP contribution in [0.5, 0.6) is 5.75 Å². The smallest absolute Gasteiger partial charge is 0.339 e. The number of phenolic OH excluding ortho intramolecular Hbond substituents is 1. The molecule has 3 aromatic rings. The van der Waals surface area contributed by atoms with Crippen LogP contribution in [-0.2, 0) is 17.6 Å². The number of amides is 1. The van der Waals surface area contributed by atoms with Crippen LogP contribution >= 0.6 is 0 Å². The van der Waals surface area contributed by atoms with Gasteiger partial charge in [-0.25, -0.2) is 4.79 Å². The third kappa shape index (κ3) is 4.05. The summed E-state index contributed by atoms with van der Waals surface area (Å²) in [6.45, 7) is 3.24. The Kier molecular flexibility index (Phi) is 5.60. The zero-order valence-electron chi connectivity index (χ0n) is 19.3. The third-order valence-electron chi connectivity index (χ3n) is 6.30. The molecule has 0 fully saturated rings. The van der Waals surface area contributed by atoms with E-state index < -0.39 is 5.97 Å². The third-order valence-corrected chi connectivity index (χ3v) is 6.30. The summed E-state index contributed by atoms with van der Waals surface area (Å²) in [5.41, 5.74) is 7.14. The maximum atomic E-state index is 13.1. The maximum absolute atomic E-state index is 13.1. The molecular weight excluding hydrogens is 448 g/mol. The molecule has 0 spiro atoms. The lowest BCUT2D eigenvalue weighted by Crippen LogP contribution is -2.28. The molecule has 2 aromatic carbocycles. The number of para-hydroxylation sites is 1. The van der Waals surface area contributed by atoms with Crippen molar-refractivity contribution >= 4 is 34.7 Å².